The summed E-state index contributed by atoms with van der Waals surface area (Å²) in [5, 5.41) is 0. The highest BCUT2D eigenvalue weighted by atomic mass is 28.4. The fourth-order valence-electron chi connectivity index (χ4n) is 2.43. The van der Waals surface area contributed by atoms with Gasteiger partial charge in [0.15, 0.2) is 5.79 Å². The van der Waals surface area contributed by atoms with E-state index in [2.05, 4.69) is 6.58 Å². The number of hydrogen-bond donors (Lipinski definition) is 0. The Hall–Kier alpha value is -0.203. The van der Waals surface area contributed by atoms with Crippen molar-refractivity contribution in [3.63, 3.8) is 0 Å². The molecular weight excluding hydrogens is 248 g/mol. The Morgan fingerprint density at radius 1 is 1.22 bits per heavy atom. The smallest absolute Gasteiger partial charge is 0.374 e. The van der Waals surface area contributed by atoms with Crippen molar-refractivity contribution in [1.82, 2.24) is 0 Å². The standard InChI is InChI=1S/C13H26O4Si/c1-5-10-13(14-6-2)11-9-12-18(17-13,15-7-3)16-8-4/h5H,1,6-12H2,2-4H3. The molecule has 0 bridgehead atoms. The van der Waals surface area contributed by atoms with E-state index in [1.807, 2.05) is 26.8 Å². The van der Waals surface area contributed by atoms with Crippen LogP contribution in [-0.2, 0) is 18.0 Å². The summed E-state index contributed by atoms with van der Waals surface area (Å²) in [4.78, 5) is 0. The lowest BCUT2D eigenvalue weighted by Crippen LogP contribution is -2.57. The third-order valence-electron chi connectivity index (χ3n) is 2.97. The molecule has 4 nitrogen and oxygen atoms in total. The lowest BCUT2D eigenvalue weighted by molar-refractivity contribution is -0.219. The lowest BCUT2D eigenvalue weighted by Gasteiger charge is -2.44. The maximum Gasteiger partial charge on any atom is 0.503 e. The number of rotatable bonds is 8. The molecule has 1 unspecified atom stereocenters. The van der Waals surface area contributed by atoms with Crippen LogP contribution in [0.1, 0.15) is 40.0 Å². The van der Waals surface area contributed by atoms with Crippen LogP contribution in [-0.4, -0.2) is 34.4 Å². The molecule has 0 radical (unpaired) electrons. The Labute approximate surface area is 112 Å². The van der Waals surface area contributed by atoms with E-state index in [0.717, 1.165) is 18.9 Å². The molecule has 1 fully saturated rings. The van der Waals surface area contributed by atoms with Crippen molar-refractivity contribution in [2.24, 2.45) is 0 Å². The van der Waals surface area contributed by atoms with E-state index in [4.69, 9.17) is 18.0 Å². The first-order valence-corrected chi connectivity index (χ1v) is 8.82. The fourth-order valence-corrected chi connectivity index (χ4v) is 5.32. The van der Waals surface area contributed by atoms with Gasteiger partial charge in [-0.1, -0.05) is 6.08 Å². The lowest BCUT2D eigenvalue weighted by atomic mass is 10.1. The molecule has 0 aromatic carbocycles. The topological polar surface area (TPSA) is 36.9 Å². The van der Waals surface area contributed by atoms with Crippen LogP contribution in [0, 0.1) is 0 Å². The van der Waals surface area contributed by atoms with Gasteiger partial charge < -0.3 is 18.0 Å². The van der Waals surface area contributed by atoms with Gasteiger partial charge in [-0.15, -0.1) is 6.58 Å². The molecule has 0 spiro atoms. The van der Waals surface area contributed by atoms with E-state index in [1.165, 1.54) is 0 Å². The Morgan fingerprint density at radius 3 is 2.39 bits per heavy atom. The minimum absolute atomic E-state index is 0.592. The Kier molecular flexibility index (Phi) is 6.52. The summed E-state index contributed by atoms with van der Waals surface area (Å²) in [5.74, 6) is -0.592. The van der Waals surface area contributed by atoms with Gasteiger partial charge in [-0.25, -0.2) is 0 Å². The molecule has 0 N–H and O–H groups in total. The van der Waals surface area contributed by atoms with Crippen molar-refractivity contribution in [3.8, 4) is 0 Å². The van der Waals surface area contributed by atoms with Gasteiger partial charge in [0.2, 0.25) is 0 Å². The largest absolute Gasteiger partial charge is 0.503 e. The first-order chi connectivity index (χ1) is 8.66. The Bertz CT molecular complexity index is 244. The second-order valence-corrected chi connectivity index (χ2v) is 6.99. The Balaban J connectivity index is 2.84. The molecule has 106 valence electrons. The maximum atomic E-state index is 6.22. The number of ether oxygens (including phenoxy) is 1. The fraction of sp³-hybridized carbons (Fsp3) is 0.846. The summed E-state index contributed by atoms with van der Waals surface area (Å²) < 4.78 is 23.7. The van der Waals surface area contributed by atoms with Crippen molar-refractivity contribution < 1.29 is 18.0 Å². The van der Waals surface area contributed by atoms with Crippen LogP contribution in [0.4, 0.5) is 0 Å². The highest BCUT2D eigenvalue weighted by molar-refractivity contribution is 6.61. The quantitative estimate of drug-likeness (QED) is 0.503. The van der Waals surface area contributed by atoms with Gasteiger partial charge in [-0.05, 0) is 27.2 Å². The van der Waals surface area contributed by atoms with Crippen molar-refractivity contribution in [2.75, 3.05) is 19.8 Å². The molecule has 1 rings (SSSR count). The predicted molar refractivity (Wildman–Crippen MR) is 73.3 cm³/mol. The summed E-state index contributed by atoms with van der Waals surface area (Å²) in [6.45, 7) is 11.6. The van der Waals surface area contributed by atoms with E-state index >= 15 is 0 Å². The summed E-state index contributed by atoms with van der Waals surface area (Å²) in [6, 6.07) is 0.876. The summed E-state index contributed by atoms with van der Waals surface area (Å²) in [5.41, 5.74) is 0. The highest BCUT2D eigenvalue weighted by Crippen LogP contribution is 2.38. The van der Waals surface area contributed by atoms with E-state index < -0.39 is 14.6 Å². The minimum atomic E-state index is -2.57. The van der Waals surface area contributed by atoms with Gasteiger partial charge in [0.05, 0.1) is 0 Å². The van der Waals surface area contributed by atoms with E-state index in [0.29, 0.717) is 26.2 Å². The molecule has 1 aliphatic heterocycles. The van der Waals surface area contributed by atoms with Crippen LogP contribution < -0.4 is 0 Å². The molecule has 0 aliphatic carbocycles. The van der Waals surface area contributed by atoms with Crippen LogP contribution in [0.2, 0.25) is 6.04 Å². The maximum absolute atomic E-state index is 6.22. The molecule has 18 heavy (non-hydrogen) atoms. The summed E-state index contributed by atoms with van der Waals surface area (Å²) in [7, 11) is -2.57. The monoisotopic (exact) mass is 274 g/mol. The average molecular weight is 274 g/mol. The normalized spacial score (nSPS) is 27.1. The molecule has 5 heteroatoms. The minimum Gasteiger partial charge on any atom is -0.374 e. The van der Waals surface area contributed by atoms with Gasteiger partial charge in [0, 0.05) is 38.7 Å². The summed E-state index contributed by atoms with van der Waals surface area (Å²) in [6.07, 6.45) is 4.41. The SMILES string of the molecule is C=CCC1(OCC)CCC[Si](OCC)(OCC)O1. The zero-order valence-corrected chi connectivity index (χ0v) is 12.9. The zero-order valence-electron chi connectivity index (χ0n) is 11.9. The predicted octanol–water partition coefficient (Wildman–Crippen LogP) is 3.12. The molecule has 1 atom stereocenters. The third-order valence-corrected chi connectivity index (χ3v) is 6.08. The molecule has 1 aliphatic rings. The first kappa shape index (κ1) is 15.9. The Morgan fingerprint density at radius 2 is 1.89 bits per heavy atom. The molecule has 0 amide bonds. The van der Waals surface area contributed by atoms with Crippen LogP contribution in [0.25, 0.3) is 0 Å². The van der Waals surface area contributed by atoms with Crippen LogP contribution in [0.3, 0.4) is 0 Å². The van der Waals surface area contributed by atoms with E-state index in [1.54, 1.807) is 0 Å². The highest BCUT2D eigenvalue weighted by Gasteiger charge is 2.52. The molecule has 1 heterocycles. The van der Waals surface area contributed by atoms with E-state index in [-0.39, 0.29) is 0 Å². The molecule has 0 saturated carbocycles. The zero-order chi connectivity index (χ0) is 13.5. The van der Waals surface area contributed by atoms with Crippen molar-refractivity contribution in [1.29, 1.82) is 0 Å². The number of hydrogen-bond acceptors (Lipinski definition) is 4. The van der Waals surface area contributed by atoms with Crippen LogP contribution >= 0.6 is 0 Å². The van der Waals surface area contributed by atoms with Gasteiger partial charge in [0.1, 0.15) is 0 Å². The molecule has 1 saturated heterocycles. The van der Waals surface area contributed by atoms with Gasteiger partial charge in [-0.2, -0.15) is 0 Å². The van der Waals surface area contributed by atoms with Crippen molar-refractivity contribution in [3.05, 3.63) is 12.7 Å². The first-order valence-electron chi connectivity index (χ1n) is 6.89. The molecule has 0 aromatic rings. The van der Waals surface area contributed by atoms with E-state index in [9.17, 15) is 0 Å². The average Bonchev–Trinajstić information content (AvgIpc) is 2.30. The van der Waals surface area contributed by atoms with Crippen molar-refractivity contribution >= 4 is 8.80 Å². The second-order valence-electron chi connectivity index (χ2n) is 4.34. The molecular formula is C13H26O4Si. The second kappa shape index (κ2) is 7.40. The molecule has 0 aromatic heterocycles. The van der Waals surface area contributed by atoms with Crippen LogP contribution in [0.15, 0.2) is 12.7 Å². The van der Waals surface area contributed by atoms with Gasteiger partial charge >= 0.3 is 8.80 Å². The summed E-state index contributed by atoms with van der Waals surface area (Å²) >= 11 is 0. The van der Waals surface area contributed by atoms with Gasteiger partial charge in [-0.3, -0.25) is 0 Å². The van der Waals surface area contributed by atoms with Crippen molar-refractivity contribution in [2.45, 2.75) is 51.9 Å². The third kappa shape index (κ3) is 3.90. The van der Waals surface area contributed by atoms with Crippen LogP contribution in [0.5, 0.6) is 0 Å². The van der Waals surface area contributed by atoms with Gasteiger partial charge in [0.25, 0.3) is 0 Å².